The minimum atomic E-state index is 0.0803. The minimum absolute atomic E-state index is 0.0803. The highest BCUT2D eigenvalue weighted by Gasteiger charge is 2.09. The first-order valence-corrected chi connectivity index (χ1v) is 6.94. The summed E-state index contributed by atoms with van der Waals surface area (Å²) >= 11 is 1.69. The number of carbonyl (C=O) groups is 1. The Balaban J connectivity index is 2.05. The molecule has 2 N–H and O–H groups in total. The van der Waals surface area contributed by atoms with Crippen molar-refractivity contribution in [3.05, 3.63) is 22.4 Å². The Labute approximate surface area is 108 Å². The molecule has 1 heterocycles. The fourth-order valence-corrected chi connectivity index (χ4v) is 2.12. The molecule has 0 aliphatic heterocycles. The van der Waals surface area contributed by atoms with Crippen LogP contribution in [0.15, 0.2) is 16.8 Å². The van der Waals surface area contributed by atoms with Gasteiger partial charge in [-0.15, -0.1) is 0 Å². The molecule has 3 nitrogen and oxygen atoms in total. The lowest BCUT2D eigenvalue weighted by Crippen LogP contribution is -2.38. The number of nitrogens with one attached hydrogen (secondary N) is 2. The number of thiophene rings is 1. The van der Waals surface area contributed by atoms with Gasteiger partial charge in [0.05, 0.1) is 0 Å². The Bertz CT molecular complexity index is 328. The Hall–Kier alpha value is -0.870. The Morgan fingerprint density at radius 1 is 1.35 bits per heavy atom. The van der Waals surface area contributed by atoms with E-state index in [1.807, 2.05) is 0 Å². The van der Waals surface area contributed by atoms with Crippen molar-refractivity contribution in [1.29, 1.82) is 0 Å². The van der Waals surface area contributed by atoms with Gasteiger partial charge in [0.15, 0.2) is 0 Å². The standard InChI is InChI=1S/C13H22N2OS/c1-13(2,3)15-8-5-12(16)14-7-4-11-6-9-17-10-11/h6,9-10,15H,4-5,7-8H2,1-3H3,(H,14,16). The van der Waals surface area contributed by atoms with Gasteiger partial charge >= 0.3 is 0 Å². The SMILES string of the molecule is CC(C)(C)NCCC(=O)NCCc1ccsc1. The first-order chi connectivity index (χ1) is 7.97. The first kappa shape index (κ1) is 14.2. The maximum absolute atomic E-state index is 11.5. The van der Waals surface area contributed by atoms with Crippen LogP contribution in [0.5, 0.6) is 0 Å². The van der Waals surface area contributed by atoms with Gasteiger partial charge < -0.3 is 10.6 Å². The number of hydrogen-bond donors (Lipinski definition) is 2. The van der Waals surface area contributed by atoms with E-state index in [1.165, 1.54) is 5.56 Å². The second-order valence-electron chi connectivity index (χ2n) is 5.16. The van der Waals surface area contributed by atoms with Gasteiger partial charge in [0.25, 0.3) is 0 Å². The highest BCUT2D eigenvalue weighted by Crippen LogP contribution is 2.05. The largest absolute Gasteiger partial charge is 0.356 e. The van der Waals surface area contributed by atoms with Crippen LogP contribution < -0.4 is 10.6 Å². The topological polar surface area (TPSA) is 41.1 Å². The van der Waals surface area contributed by atoms with Crippen molar-refractivity contribution in [2.45, 2.75) is 39.2 Å². The summed E-state index contributed by atoms with van der Waals surface area (Å²) in [5.74, 6) is 0.122. The van der Waals surface area contributed by atoms with Crippen LogP contribution in [-0.2, 0) is 11.2 Å². The molecule has 0 unspecified atom stereocenters. The summed E-state index contributed by atoms with van der Waals surface area (Å²) < 4.78 is 0. The average molecular weight is 254 g/mol. The molecule has 0 saturated carbocycles. The molecule has 1 aromatic rings. The third-order valence-electron chi connectivity index (χ3n) is 2.32. The van der Waals surface area contributed by atoms with Crippen molar-refractivity contribution in [3.8, 4) is 0 Å². The van der Waals surface area contributed by atoms with Crippen molar-refractivity contribution in [3.63, 3.8) is 0 Å². The molecule has 1 aromatic heterocycles. The number of amides is 1. The molecule has 0 saturated heterocycles. The maximum Gasteiger partial charge on any atom is 0.221 e. The fourth-order valence-electron chi connectivity index (χ4n) is 1.42. The van der Waals surface area contributed by atoms with Gasteiger partial charge in [-0.05, 0) is 49.6 Å². The zero-order valence-electron chi connectivity index (χ0n) is 10.9. The Morgan fingerprint density at radius 3 is 2.71 bits per heavy atom. The molecule has 17 heavy (non-hydrogen) atoms. The molecule has 4 heteroatoms. The van der Waals surface area contributed by atoms with Crippen LogP contribution in [0.1, 0.15) is 32.8 Å². The molecule has 0 radical (unpaired) electrons. The number of hydrogen-bond acceptors (Lipinski definition) is 3. The summed E-state index contributed by atoms with van der Waals surface area (Å²) in [6.07, 6.45) is 1.46. The van der Waals surface area contributed by atoms with E-state index in [0.717, 1.165) is 19.5 Å². The third-order valence-corrected chi connectivity index (χ3v) is 3.06. The molecule has 0 aromatic carbocycles. The van der Waals surface area contributed by atoms with Crippen molar-refractivity contribution in [1.82, 2.24) is 10.6 Å². The van der Waals surface area contributed by atoms with Crippen LogP contribution in [-0.4, -0.2) is 24.5 Å². The average Bonchev–Trinajstić information content (AvgIpc) is 2.68. The lowest BCUT2D eigenvalue weighted by molar-refractivity contribution is -0.121. The molecular formula is C13H22N2OS. The van der Waals surface area contributed by atoms with Crippen molar-refractivity contribution >= 4 is 17.2 Å². The van der Waals surface area contributed by atoms with Crippen LogP contribution in [0.2, 0.25) is 0 Å². The summed E-state index contributed by atoms with van der Waals surface area (Å²) in [5, 5.41) is 10.4. The quantitative estimate of drug-likeness (QED) is 0.817. The molecular weight excluding hydrogens is 232 g/mol. The summed E-state index contributed by atoms with van der Waals surface area (Å²) in [7, 11) is 0. The van der Waals surface area contributed by atoms with Crippen LogP contribution in [0.25, 0.3) is 0 Å². The van der Waals surface area contributed by atoms with Crippen LogP contribution in [0.4, 0.5) is 0 Å². The first-order valence-electron chi connectivity index (χ1n) is 6.00. The molecule has 0 fully saturated rings. The Kier molecular flexibility index (Phi) is 5.65. The minimum Gasteiger partial charge on any atom is -0.356 e. The van der Waals surface area contributed by atoms with Gasteiger partial charge in [0, 0.05) is 25.0 Å². The molecule has 0 aliphatic carbocycles. The highest BCUT2D eigenvalue weighted by molar-refractivity contribution is 7.07. The van der Waals surface area contributed by atoms with Gasteiger partial charge in [-0.2, -0.15) is 11.3 Å². The maximum atomic E-state index is 11.5. The number of carbonyl (C=O) groups excluding carboxylic acids is 1. The second-order valence-corrected chi connectivity index (χ2v) is 5.94. The van der Waals surface area contributed by atoms with Gasteiger partial charge in [0.2, 0.25) is 5.91 Å². The van der Waals surface area contributed by atoms with E-state index in [4.69, 9.17) is 0 Å². The predicted octanol–water partition coefficient (Wildman–Crippen LogP) is 2.18. The smallest absolute Gasteiger partial charge is 0.221 e. The summed E-state index contributed by atoms with van der Waals surface area (Å²) in [6.45, 7) is 7.75. The highest BCUT2D eigenvalue weighted by atomic mass is 32.1. The van der Waals surface area contributed by atoms with Gasteiger partial charge in [0.1, 0.15) is 0 Å². The summed E-state index contributed by atoms with van der Waals surface area (Å²) in [4.78, 5) is 11.5. The van der Waals surface area contributed by atoms with Crippen molar-refractivity contribution in [2.75, 3.05) is 13.1 Å². The normalized spacial score (nSPS) is 11.5. The predicted molar refractivity (Wildman–Crippen MR) is 73.4 cm³/mol. The molecule has 0 atom stereocenters. The second kappa shape index (κ2) is 6.77. The van der Waals surface area contributed by atoms with Crippen LogP contribution in [0.3, 0.4) is 0 Å². The van der Waals surface area contributed by atoms with E-state index < -0.39 is 0 Å². The molecule has 1 rings (SSSR count). The molecule has 0 bridgehead atoms. The van der Waals surface area contributed by atoms with E-state index in [0.29, 0.717) is 6.42 Å². The third kappa shape index (κ3) is 7.13. The molecule has 0 spiro atoms. The lowest BCUT2D eigenvalue weighted by Gasteiger charge is -2.20. The lowest BCUT2D eigenvalue weighted by atomic mass is 10.1. The van der Waals surface area contributed by atoms with E-state index in [2.05, 4.69) is 48.2 Å². The molecule has 96 valence electrons. The van der Waals surface area contributed by atoms with E-state index >= 15 is 0 Å². The van der Waals surface area contributed by atoms with E-state index in [-0.39, 0.29) is 11.4 Å². The molecule has 0 aliphatic rings. The van der Waals surface area contributed by atoms with Crippen molar-refractivity contribution in [2.24, 2.45) is 0 Å². The zero-order chi connectivity index (χ0) is 12.7. The van der Waals surface area contributed by atoms with E-state index in [9.17, 15) is 4.79 Å². The zero-order valence-corrected chi connectivity index (χ0v) is 11.7. The Morgan fingerprint density at radius 2 is 2.12 bits per heavy atom. The van der Waals surface area contributed by atoms with Gasteiger partial charge in [-0.25, -0.2) is 0 Å². The van der Waals surface area contributed by atoms with E-state index in [1.54, 1.807) is 11.3 Å². The molecule has 1 amide bonds. The van der Waals surface area contributed by atoms with Gasteiger partial charge in [-0.3, -0.25) is 4.79 Å². The van der Waals surface area contributed by atoms with Crippen LogP contribution >= 0.6 is 11.3 Å². The number of rotatable bonds is 6. The van der Waals surface area contributed by atoms with Gasteiger partial charge in [-0.1, -0.05) is 0 Å². The summed E-state index contributed by atoms with van der Waals surface area (Å²) in [6, 6.07) is 2.10. The monoisotopic (exact) mass is 254 g/mol. The van der Waals surface area contributed by atoms with Crippen LogP contribution in [0, 0.1) is 0 Å². The van der Waals surface area contributed by atoms with Crippen molar-refractivity contribution < 1.29 is 4.79 Å². The summed E-state index contributed by atoms with van der Waals surface area (Å²) in [5.41, 5.74) is 1.37. The fraction of sp³-hybridized carbons (Fsp3) is 0.615.